The van der Waals surface area contributed by atoms with E-state index in [1.807, 2.05) is 45.0 Å². The van der Waals surface area contributed by atoms with Gasteiger partial charge in [0.25, 0.3) is 0 Å². The van der Waals surface area contributed by atoms with E-state index in [4.69, 9.17) is 9.47 Å². The van der Waals surface area contributed by atoms with Gasteiger partial charge in [-0.1, -0.05) is 26.0 Å². The van der Waals surface area contributed by atoms with Gasteiger partial charge in [0, 0.05) is 38.4 Å². The van der Waals surface area contributed by atoms with Crippen LogP contribution < -0.4 is 16.0 Å². The number of ether oxygens (including phenoxy) is 2. The number of rotatable bonds is 12. The van der Waals surface area contributed by atoms with E-state index in [1.54, 1.807) is 0 Å². The van der Waals surface area contributed by atoms with Crippen LogP contribution in [0.5, 0.6) is 0 Å². The molecule has 3 N–H and O–H groups in total. The average molecular weight is 419 g/mol. The number of nitrogens with one attached hydrogen (secondary N) is 3. The molecular weight excluding hydrogens is 380 g/mol. The monoisotopic (exact) mass is 418 g/mol. The Morgan fingerprint density at radius 2 is 2.20 bits per heavy atom. The Balaban J connectivity index is 1.73. The molecule has 0 aliphatic carbocycles. The fourth-order valence-electron chi connectivity index (χ4n) is 3.21. The second-order valence-corrected chi connectivity index (χ2v) is 8.03. The number of aliphatic imine (C=N–C) groups is 1. The number of amides is 1. The number of benzene rings is 1. The summed E-state index contributed by atoms with van der Waals surface area (Å²) in [5, 5.41) is 9.57. The third kappa shape index (κ3) is 10.1. The Morgan fingerprint density at radius 3 is 2.93 bits per heavy atom. The van der Waals surface area contributed by atoms with Gasteiger partial charge in [0.1, 0.15) is 0 Å². The molecule has 0 bridgehead atoms. The number of carbonyl (C=O) groups excluding carboxylic acids is 1. The molecule has 168 valence electrons. The molecule has 2 rings (SSSR count). The van der Waals surface area contributed by atoms with Crippen molar-refractivity contribution in [1.29, 1.82) is 0 Å². The summed E-state index contributed by atoms with van der Waals surface area (Å²) < 4.78 is 11.3. The topological polar surface area (TPSA) is 84.0 Å². The zero-order chi connectivity index (χ0) is 21.6. The van der Waals surface area contributed by atoms with Crippen LogP contribution in [-0.4, -0.2) is 50.9 Å². The maximum Gasteiger partial charge on any atom is 0.224 e. The highest BCUT2D eigenvalue weighted by Crippen LogP contribution is 2.13. The zero-order valence-corrected chi connectivity index (χ0v) is 18.7. The number of hydrogen-bond acceptors (Lipinski definition) is 4. The summed E-state index contributed by atoms with van der Waals surface area (Å²) >= 11 is 0. The lowest BCUT2D eigenvalue weighted by molar-refractivity contribution is -0.116. The van der Waals surface area contributed by atoms with Crippen LogP contribution in [0.3, 0.4) is 0 Å². The minimum absolute atomic E-state index is 0.0439. The van der Waals surface area contributed by atoms with Gasteiger partial charge in [0.05, 0.1) is 19.3 Å². The second-order valence-electron chi connectivity index (χ2n) is 8.03. The quantitative estimate of drug-likeness (QED) is 0.276. The Labute approximate surface area is 181 Å². The lowest BCUT2D eigenvalue weighted by atomic mass is 10.1. The summed E-state index contributed by atoms with van der Waals surface area (Å²) in [6, 6.07) is 7.85. The van der Waals surface area contributed by atoms with Crippen molar-refractivity contribution in [3.8, 4) is 0 Å². The summed E-state index contributed by atoms with van der Waals surface area (Å²) in [4.78, 5) is 16.6. The van der Waals surface area contributed by atoms with E-state index in [0.717, 1.165) is 56.2 Å². The Bertz CT molecular complexity index is 658. The molecule has 1 aromatic carbocycles. The van der Waals surface area contributed by atoms with Crippen LogP contribution in [0.2, 0.25) is 0 Å². The molecule has 1 unspecified atom stereocenters. The van der Waals surface area contributed by atoms with E-state index in [0.29, 0.717) is 32.1 Å². The molecule has 0 radical (unpaired) electrons. The molecule has 30 heavy (non-hydrogen) atoms. The zero-order valence-electron chi connectivity index (χ0n) is 18.7. The molecule has 1 heterocycles. The third-order valence-corrected chi connectivity index (χ3v) is 4.65. The van der Waals surface area contributed by atoms with E-state index >= 15 is 0 Å². The molecule has 1 amide bonds. The fourth-order valence-corrected chi connectivity index (χ4v) is 3.21. The number of anilines is 1. The molecule has 0 saturated carbocycles. The van der Waals surface area contributed by atoms with Crippen LogP contribution >= 0.6 is 0 Å². The smallest absolute Gasteiger partial charge is 0.224 e. The van der Waals surface area contributed by atoms with Gasteiger partial charge in [-0.3, -0.25) is 4.79 Å². The Kier molecular flexibility index (Phi) is 11.3. The lowest BCUT2D eigenvalue weighted by Crippen LogP contribution is -2.38. The van der Waals surface area contributed by atoms with Crippen molar-refractivity contribution in [2.24, 2.45) is 10.9 Å². The fraction of sp³-hybridized carbons (Fsp3) is 0.652. The number of carbonyl (C=O) groups is 1. The maximum absolute atomic E-state index is 12.0. The highest BCUT2D eigenvalue weighted by molar-refractivity contribution is 5.90. The minimum atomic E-state index is 0.0439. The predicted molar refractivity (Wildman–Crippen MR) is 122 cm³/mol. The standard InChI is InChI=1S/C23H38N4O3/c1-4-24-23(25-11-7-12-29-17-21-10-6-13-30-21)26-16-19-8-5-9-20(15-19)27-22(28)14-18(2)3/h5,8-9,15,18,21H,4,6-7,10-14,16-17H2,1-3H3,(H,27,28)(H2,24,25,26). The Hall–Kier alpha value is -2.12. The summed E-state index contributed by atoms with van der Waals surface area (Å²) in [5.41, 5.74) is 1.86. The minimum Gasteiger partial charge on any atom is -0.379 e. The second kappa shape index (κ2) is 14.0. The number of hydrogen-bond donors (Lipinski definition) is 3. The van der Waals surface area contributed by atoms with Gasteiger partial charge in [-0.15, -0.1) is 0 Å². The summed E-state index contributed by atoms with van der Waals surface area (Å²) in [6.45, 7) is 10.5. The molecular formula is C23H38N4O3. The normalized spacial score (nSPS) is 16.7. The van der Waals surface area contributed by atoms with Gasteiger partial charge >= 0.3 is 0 Å². The van der Waals surface area contributed by atoms with Crippen molar-refractivity contribution >= 4 is 17.6 Å². The molecule has 7 nitrogen and oxygen atoms in total. The van der Waals surface area contributed by atoms with Crippen molar-refractivity contribution in [2.45, 2.75) is 59.1 Å². The molecule has 1 fully saturated rings. The van der Waals surface area contributed by atoms with Crippen LogP contribution in [0.1, 0.15) is 52.0 Å². The first kappa shape index (κ1) is 24.2. The van der Waals surface area contributed by atoms with E-state index in [9.17, 15) is 4.79 Å². The molecule has 0 spiro atoms. The summed E-state index contributed by atoms with van der Waals surface area (Å²) in [7, 11) is 0. The van der Waals surface area contributed by atoms with Crippen LogP contribution in [-0.2, 0) is 20.8 Å². The molecule has 1 aliphatic heterocycles. The molecule has 1 atom stereocenters. The first-order valence-corrected chi connectivity index (χ1v) is 11.2. The van der Waals surface area contributed by atoms with Gasteiger partial charge in [-0.05, 0) is 49.8 Å². The van der Waals surface area contributed by atoms with Crippen LogP contribution in [0.4, 0.5) is 5.69 Å². The van der Waals surface area contributed by atoms with Crippen molar-refractivity contribution in [3.05, 3.63) is 29.8 Å². The highest BCUT2D eigenvalue weighted by Gasteiger charge is 2.14. The van der Waals surface area contributed by atoms with Gasteiger partial charge < -0.3 is 25.4 Å². The van der Waals surface area contributed by atoms with Gasteiger partial charge in [-0.2, -0.15) is 0 Å². The van der Waals surface area contributed by atoms with Crippen molar-refractivity contribution in [1.82, 2.24) is 10.6 Å². The van der Waals surface area contributed by atoms with Gasteiger partial charge in [-0.25, -0.2) is 4.99 Å². The number of nitrogens with zero attached hydrogens (tertiary/aromatic N) is 1. The van der Waals surface area contributed by atoms with E-state index < -0.39 is 0 Å². The first-order chi connectivity index (χ1) is 14.6. The Morgan fingerprint density at radius 1 is 1.33 bits per heavy atom. The number of guanidine groups is 1. The largest absolute Gasteiger partial charge is 0.379 e. The average Bonchev–Trinajstić information content (AvgIpc) is 3.21. The van der Waals surface area contributed by atoms with Crippen molar-refractivity contribution in [3.63, 3.8) is 0 Å². The van der Waals surface area contributed by atoms with E-state index in [-0.39, 0.29) is 12.0 Å². The highest BCUT2D eigenvalue weighted by atomic mass is 16.5. The van der Waals surface area contributed by atoms with Crippen LogP contribution in [0, 0.1) is 5.92 Å². The van der Waals surface area contributed by atoms with E-state index in [2.05, 4.69) is 20.9 Å². The lowest BCUT2D eigenvalue weighted by Gasteiger charge is -2.13. The third-order valence-electron chi connectivity index (χ3n) is 4.65. The summed E-state index contributed by atoms with van der Waals surface area (Å²) in [5.74, 6) is 1.17. The molecule has 7 heteroatoms. The maximum atomic E-state index is 12.0. The van der Waals surface area contributed by atoms with Crippen LogP contribution in [0.25, 0.3) is 0 Å². The summed E-state index contributed by atoms with van der Waals surface area (Å²) in [6.07, 6.45) is 3.97. The molecule has 1 aromatic rings. The SMILES string of the molecule is CCNC(=NCc1cccc(NC(=O)CC(C)C)c1)NCCCOCC1CCCO1. The molecule has 1 saturated heterocycles. The molecule has 0 aromatic heterocycles. The first-order valence-electron chi connectivity index (χ1n) is 11.2. The van der Waals surface area contributed by atoms with Gasteiger partial charge in [0.15, 0.2) is 5.96 Å². The van der Waals surface area contributed by atoms with Crippen molar-refractivity contribution < 1.29 is 14.3 Å². The predicted octanol–water partition coefficient (Wildman–Crippen LogP) is 3.31. The van der Waals surface area contributed by atoms with E-state index in [1.165, 1.54) is 0 Å². The molecule has 1 aliphatic rings. The van der Waals surface area contributed by atoms with Crippen LogP contribution in [0.15, 0.2) is 29.3 Å². The van der Waals surface area contributed by atoms with Gasteiger partial charge in [0.2, 0.25) is 5.91 Å². The van der Waals surface area contributed by atoms with Crippen molar-refractivity contribution in [2.75, 3.05) is 38.2 Å².